The molecule has 0 bridgehead atoms. The van der Waals surface area contributed by atoms with Gasteiger partial charge in [-0.3, -0.25) is 9.59 Å². The number of carbonyl (C=O) groups excluding carboxylic acids is 3. The molecule has 7 nitrogen and oxygen atoms in total. The first kappa shape index (κ1) is 18.9. The Morgan fingerprint density at radius 3 is 2.60 bits per heavy atom. The van der Waals surface area contributed by atoms with Crippen LogP contribution in [-0.2, 0) is 25.7 Å². The largest absolute Gasteiger partial charge is 0.459 e. The van der Waals surface area contributed by atoms with Crippen LogP contribution in [0.25, 0.3) is 0 Å². The minimum atomic E-state index is -0.735. The SMILES string of the molecule is C[C@H](N)C(=O)N[C@@H](C)C(=O)N1CCC[C@H]1C(=O)OCc1ccccc1. The second kappa shape index (κ2) is 8.62. The van der Waals surface area contributed by atoms with Crippen molar-refractivity contribution in [3.63, 3.8) is 0 Å². The van der Waals surface area contributed by atoms with Gasteiger partial charge in [-0.2, -0.15) is 0 Å². The zero-order chi connectivity index (χ0) is 18.4. The molecule has 136 valence electrons. The summed E-state index contributed by atoms with van der Waals surface area (Å²) in [5, 5.41) is 2.57. The molecule has 0 unspecified atom stereocenters. The summed E-state index contributed by atoms with van der Waals surface area (Å²) in [7, 11) is 0. The minimum absolute atomic E-state index is 0.176. The first-order chi connectivity index (χ1) is 11.9. The van der Waals surface area contributed by atoms with E-state index in [1.807, 2.05) is 30.3 Å². The fourth-order valence-corrected chi connectivity index (χ4v) is 2.76. The molecule has 0 aromatic heterocycles. The van der Waals surface area contributed by atoms with Crippen molar-refractivity contribution in [2.75, 3.05) is 6.54 Å². The molecule has 1 aromatic carbocycles. The van der Waals surface area contributed by atoms with Crippen LogP contribution in [0.15, 0.2) is 30.3 Å². The van der Waals surface area contributed by atoms with Gasteiger partial charge in [-0.25, -0.2) is 4.79 Å². The van der Waals surface area contributed by atoms with Crippen molar-refractivity contribution in [3.05, 3.63) is 35.9 Å². The highest BCUT2D eigenvalue weighted by Gasteiger charge is 2.37. The predicted molar refractivity (Wildman–Crippen MR) is 92.2 cm³/mol. The molecule has 0 aliphatic carbocycles. The highest BCUT2D eigenvalue weighted by molar-refractivity contribution is 5.92. The van der Waals surface area contributed by atoms with Gasteiger partial charge in [0.2, 0.25) is 11.8 Å². The van der Waals surface area contributed by atoms with Crippen molar-refractivity contribution in [2.24, 2.45) is 5.73 Å². The maximum absolute atomic E-state index is 12.6. The van der Waals surface area contributed by atoms with E-state index in [-0.39, 0.29) is 12.5 Å². The number of benzene rings is 1. The fraction of sp³-hybridized carbons (Fsp3) is 0.500. The molecule has 0 saturated carbocycles. The third-order valence-electron chi connectivity index (χ3n) is 4.17. The standard InChI is InChI=1S/C18H25N3O4/c1-12(19)16(22)20-13(2)17(23)21-10-6-9-15(21)18(24)25-11-14-7-4-3-5-8-14/h3-5,7-8,12-13,15H,6,9-11,19H2,1-2H3,(H,20,22)/t12-,13-,15-/m0/s1. The number of likely N-dealkylation sites (tertiary alicyclic amines) is 1. The monoisotopic (exact) mass is 347 g/mol. The minimum Gasteiger partial charge on any atom is -0.459 e. The van der Waals surface area contributed by atoms with Gasteiger partial charge in [-0.1, -0.05) is 30.3 Å². The molecule has 0 spiro atoms. The molecular weight excluding hydrogens is 322 g/mol. The van der Waals surface area contributed by atoms with Crippen molar-refractivity contribution >= 4 is 17.8 Å². The molecule has 1 aliphatic heterocycles. The van der Waals surface area contributed by atoms with Crippen LogP contribution in [0, 0.1) is 0 Å². The average Bonchev–Trinajstić information content (AvgIpc) is 3.09. The summed E-state index contributed by atoms with van der Waals surface area (Å²) in [5.74, 6) is -1.11. The highest BCUT2D eigenvalue weighted by Crippen LogP contribution is 2.20. The van der Waals surface area contributed by atoms with Crippen molar-refractivity contribution in [3.8, 4) is 0 Å². The van der Waals surface area contributed by atoms with Crippen LogP contribution in [-0.4, -0.2) is 47.4 Å². The van der Waals surface area contributed by atoms with Gasteiger partial charge >= 0.3 is 5.97 Å². The van der Waals surface area contributed by atoms with E-state index in [1.54, 1.807) is 13.8 Å². The van der Waals surface area contributed by atoms with Crippen molar-refractivity contribution in [1.29, 1.82) is 0 Å². The van der Waals surface area contributed by atoms with E-state index in [2.05, 4.69) is 5.32 Å². The molecule has 1 aliphatic rings. The highest BCUT2D eigenvalue weighted by atomic mass is 16.5. The number of nitrogens with zero attached hydrogens (tertiary/aromatic N) is 1. The van der Waals surface area contributed by atoms with Crippen LogP contribution in [0.4, 0.5) is 0 Å². The number of carbonyl (C=O) groups is 3. The van der Waals surface area contributed by atoms with Gasteiger partial charge < -0.3 is 20.7 Å². The normalized spacial score (nSPS) is 19.2. The second-order valence-corrected chi connectivity index (χ2v) is 6.30. The van der Waals surface area contributed by atoms with E-state index < -0.39 is 30.0 Å². The summed E-state index contributed by atoms with van der Waals surface area (Å²) in [6.45, 7) is 3.79. The van der Waals surface area contributed by atoms with Gasteiger partial charge in [0.1, 0.15) is 18.7 Å². The molecular formula is C18H25N3O4. The molecule has 3 atom stereocenters. The number of nitrogens with two attached hydrogens (primary N) is 1. The molecule has 1 fully saturated rings. The molecule has 1 saturated heterocycles. The van der Waals surface area contributed by atoms with Gasteiger partial charge in [-0.15, -0.1) is 0 Å². The van der Waals surface area contributed by atoms with Gasteiger partial charge in [0.05, 0.1) is 6.04 Å². The van der Waals surface area contributed by atoms with Gasteiger partial charge in [0.25, 0.3) is 0 Å². The Hall–Kier alpha value is -2.41. The number of ether oxygens (including phenoxy) is 1. The lowest BCUT2D eigenvalue weighted by Crippen LogP contribution is -2.53. The first-order valence-corrected chi connectivity index (χ1v) is 8.47. The van der Waals surface area contributed by atoms with E-state index in [9.17, 15) is 14.4 Å². The van der Waals surface area contributed by atoms with Crippen LogP contribution in [0.2, 0.25) is 0 Å². The van der Waals surface area contributed by atoms with Crippen molar-refractivity contribution < 1.29 is 19.1 Å². The third kappa shape index (κ3) is 5.03. The Morgan fingerprint density at radius 2 is 1.96 bits per heavy atom. The second-order valence-electron chi connectivity index (χ2n) is 6.30. The van der Waals surface area contributed by atoms with Gasteiger partial charge in [-0.05, 0) is 32.3 Å². The Kier molecular flexibility index (Phi) is 6.52. The summed E-state index contributed by atoms with van der Waals surface area (Å²) in [4.78, 5) is 38.1. The first-order valence-electron chi connectivity index (χ1n) is 8.47. The lowest BCUT2D eigenvalue weighted by molar-refractivity contribution is -0.155. The quantitative estimate of drug-likeness (QED) is 0.733. The van der Waals surface area contributed by atoms with Gasteiger partial charge in [0.15, 0.2) is 0 Å². The summed E-state index contributed by atoms with van der Waals surface area (Å²) in [5.41, 5.74) is 6.39. The summed E-state index contributed by atoms with van der Waals surface area (Å²) in [6, 6.07) is 7.34. The fourth-order valence-electron chi connectivity index (χ4n) is 2.76. The zero-order valence-corrected chi connectivity index (χ0v) is 14.6. The molecule has 25 heavy (non-hydrogen) atoms. The number of amides is 2. The number of nitrogens with one attached hydrogen (secondary N) is 1. The molecule has 0 radical (unpaired) electrons. The lowest BCUT2D eigenvalue weighted by Gasteiger charge is -2.27. The third-order valence-corrected chi connectivity index (χ3v) is 4.17. The van der Waals surface area contributed by atoms with Crippen LogP contribution in [0.5, 0.6) is 0 Å². The predicted octanol–water partition coefficient (Wildman–Crippen LogP) is 0.573. The molecule has 2 amide bonds. The lowest BCUT2D eigenvalue weighted by atomic mass is 10.2. The topological polar surface area (TPSA) is 102 Å². The van der Waals surface area contributed by atoms with E-state index in [0.29, 0.717) is 13.0 Å². The number of hydrogen-bond donors (Lipinski definition) is 2. The maximum atomic E-state index is 12.6. The zero-order valence-electron chi connectivity index (χ0n) is 14.6. The van der Waals surface area contributed by atoms with E-state index in [4.69, 9.17) is 10.5 Å². The van der Waals surface area contributed by atoms with E-state index in [1.165, 1.54) is 4.90 Å². The van der Waals surface area contributed by atoms with Gasteiger partial charge in [0, 0.05) is 6.54 Å². The van der Waals surface area contributed by atoms with Crippen LogP contribution in [0.1, 0.15) is 32.3 Å². The van der Waals surface area contributed by atoms with Crippen LogP contribution >= 0.6 is 0 Å². The number of esters is 1. The Labute approximate surface area is 147 Å². The Morgan fingerprint density at radius 1 is 1.28 bits per heavy atom. The number of rotatable bonds is 6. The van der Waals surface area contributed by atoms with Crippen LogP contribution < -0.4 is 11.1 Å². The molecule has 7 heteroatoms. The van der Waals surface area contributed by atoms with E-state index >= 15 is 0 Å². The molecule has 1 heterocycles. The Bertz CT molecular complexity index is 618. The summed E-state index contributed by atoms with van der Waals surface area (Å²) >= 11 is 0. The maximum Gasteiger partial charge on any atom is 0.329 e. The Balaban J connectivity index is 1.93. The molecule has 3 N–H and O–H groups in total. The van der Waals surface area contributed by atoms with Crippen LogP contribution in [0.3, 0.4) is 0 Å². The summed E-state index contributed by atoms with van der Waals surface area (Å²) < 4.78 is 5.35. The smallest absolute Gasteiger partial charge is 0.329 e. The summed E-state index contributed by atoms with van der Waals surface area (Å²) in [6.07, 6.45) is 1.29. The van der Waals surface area contributed by atoms with Crippen molar-refractivity contribution in [2.45, 2.75) is 51.4 Å². The average molecular weight is 347 g/mol. The number of hydrogen-bond acceptors (Lipinski definition) is 5. The molecule has 2 rings (SSSR count). The molecule has 1 aromatic rings. The van der Waals surface area contributed by atoms with E-state index in [0.717, 1.165) is 12.0 Å². The van der Waals surface area contributed by atoms with Crippen molar-refractivity contribution in [1.82, 2.24) is 10.2 Å².